The van der Waals surface area contributed by atoms with Crippen LogP contribution in [0.15, 0.2) is 77.3 Å². The van der Waals surface area contributed by atoms with Crippen molar-refractivity contribution in [3.8, 4) is 5.75 Å². The Kier molecular flexibility index (Phi) is 10.3. The average molecular weight is 680 g/mol. The van der Waals surface area contributed by atoms with Crippen LogP contribution in [0.3, 0.4) is 0 Å². The zero-order valence-corrected chi connectivity index (χ0v) is 31.2. The average Bonchev–Trinajstić information content (AvgIpc) is 4.04. The Morgan fingerprint density at radius 2 is 1.55 bits per heavy atom. The number of aryl methyl sites for hydroxylation is 1. The van der Waals surface area contributed by atoms with Gasteiger partial charge in [-0.1, -0.05) is 79.7 Å². The molecule has 3 aliphatic rings. The number of piperidine rings is 1. The van der Waals surface area contributed by atoms with Crippen molar-refractivity contribution in [2.75, 3.05) is 40.3 Å². The van der Waals surface area contributed by atoms with Crippen LogP contribution in [0.4, 0.5) is 0 Å². The number of hydrogen-bond donors (Lipinski definition) is 1. The van der Waals surface area contributed by atoms with Crippen LogP contribution in [-0.4, -0.2) is 68.4 Å². The van der Waals surface area contributed by atoms with Crippen LogP contribution in [0.1, 0.15) is 76.5 Å². The highest BCUT2D eigenvalue weighted by Gasteiger charge is 2.51. The van der Waals surface area contributed by atoms with E-state index in [-0.39, 0.29) is 5.04 Å². The van der Waals surface area contributed by atoms with E-state index in [1.165, 1.54) is 64.6 Å². The Labute approximate surface area is 295 Å². The number of rotatable bonds is 16. The number of likely N-dealkylation sites (tertiary alicyclic amines) is 1. The molecule has 0 bridgehead atoms. The molecule has 1 aromatic heterocycles. The van der Waals surface area contributed by atoms with Gasteiger partial charge in [0.05, 0.1) is 17.9 Å². The van der Waals surface area contributed by atoms with Crippen LogP contribution in [0.25, 0.3) is 11.0 Å². The Bertz CT molecular complexity index is 1620. The largest absolute Gasteiger partial charge is 0.493 e. The molecule has 262 valence electrons. The number of nitrogens with zero attached hydrogens (tertiary/aromatic N) is 3. The van der Waals surface area contributed by atoms with Crippen molar-refractivity contribution in [2.24, 2.45) is 23.7 Å². The number of aromatic nitrogens is 1. The summed E-state index contributed by atoms with van der Waals surface area (Å²) in [4.78, 5) is 17.4. The summed E-state index contributed by atoms with van der Waals surface area (Å²) in [6, 6.07) is 25.3. The first-order valence-corrected chi connectivity index (χ1v) is 20.9. The van der Waals surface area contributed by atoms with Crippen molar-refractivity contribution in [3.63, 3.8) is 0 Å². The van der Waals surface area contributed by atoms with Crippen LogP contribution in [0.5, 0.6) is 5.75 Å². The van der Waals surface area contributed by atoms with E-state index in [0.29, 0.717) is 0 Å². The fourth-order valence-corrected chi connectivity index (χ4v) is 12.2. The van der Waals surface area contributed by atoms with Crippen LogP contribution >= 0.6 is 0 Å². The maximum absolute atomic E-state index is 12.5. The van der Waals surface area contributed by atoms with E-state index in [1.807, 2.05) is 0 Å². The lowest BCUT2D eigenvalue weighted by atomic mass is 9.91. The summed E-state index contributed by atoms with van der Waals surface area (Å²) in [6.45, 7) is 9.88. The minimum Gasteiger partial charge on any atom is -0.493 e. The third-order valence-electron chi connectivity index (χ3n) is 12.0. The van der Waals surface area contributed by atoms with Gasteiger partial charge in [0.2, 0.25) is 0 Å². The molecule has 1 saturated heterocycles. The molecule has 4 aromatic rings. The number of ether oxygens (including phenoxy) is 1. The van der Waals surface area contributed by atoms with Gasteiger partial charge in [-0.3, -0.25) is 0 Å². The second kappa shape index (κ2) is 14.7. The third-order valence-corrected chi connectivity index (χ3v) is 16.5. The van der Waals surface area contributed by atoms with E-state index in [2.05, 4.69) is 116 Å². The molecule has 1 N–H and O–H groups in total. The Morgan fingerprint density at radius 3 is 2.18 bits per heavy atom. The molecule has 7 rings (SSSR count). The van der Waals surface area contributed by atoms with Gasteiger partial charge in [0, 0.05) is 18.5 Å². The topological polar surface area (TPSA) is 62.0 Å². The SMILES string of the molecule is CN(C)Cc1c(OCC2CC2)ccc2c(CCC3CCN(C[C@H]4C[C@H]4CCC(C)(C)[Si](O)(c4ccccc4)c4ccccc4)CC3)noc12. The second-order valence-electron chi connectivity index (χ2n) is 16.4. The first kappa shape index (κ1) is 34.5. The minimum absolute atomic E-state index is 0.156. The molecule has 6 nitrogen and oxygen atoms in total. The predicted octanol–water partition coefficient (Wildman–Crippen LogP) is 7.27. The highest BCUT2D eigenvalue weighted by molar-refractivity contribution is 6.98. The molecule has 0 radical (unpaired) electrons. The molecular formula is C42H57N3O3Si. The van der Waals surface area contributed by atoms with Crippen LogP contribution in [0.2, 0.25) is 5.04 Å². The molecule has 0 amide bonds. The molecule has 3 aromatic carbocycles. The quantitative estimate of drug-likeness (QED) is 0.126. The van der Waals surface area contributed by atoms with Crippen LogP contribution < -0.4 is 15.1 Å². The summed E-state index contributed by atoms with van der Waals surface area (Å²) in [6.07, 6.45) is 10.9. The van der Waals surface area contributed by atoms with Crippen molar-refractivity contribution < 1.29 is 14.1 Å². The molecule has 0 spiro atoms. The van der Waals surface area contributed by atoms with Crippen molar-refractivity contribution >= 4 is 29.7 Å². The molecule has 2 heterocycles. The zero-order valence-electron chi connectivity index (χ0n) is 30.2. The highest BCUT2D eigenvalue weighted by Crippen LogP contribution is 2.48. The van der Waals surface area contributed by atoms with E-state index in [0.717, 1.165) is 88.0 Å². The molecule has 7 heteroatoms. The summed E-state index contributed by atoms with van der Waals surface area (Å²) in [5.41, 5.74) is 3.13. The van der Waals surface area contributed by atoms with Gasteiger partial charge >= 0.3 is 0 Å². The first-order valence-electron chi connectivity index (χ1n) is 18.9. The fraction of sp³-hybridized carbons (Fsp3) is 0.548. The molecule has 49 heavy (non-hydrogen) atoms. The van der Waals surface area contributed by atoms with Crippen LogP contribution in [0, 0.1) is 23.7 Å². The summed E-state index contributed by atoms with van der Waals surface area (Å²) < 4.78 is 12.2. The number of benzene rings is 3. The van der Waals surface area contributed by atoms with Crippen molar-refractivity contribution in [1.82, 2.24) is 15.0 Å². The number of hydrogen-bond acceptors (Lipinski definition) is 6. The molecular weight excluding hydrogens is 623 g/mol. The maximum Gasteiger partial charge on any atom is 0.258 e. The van der Waals surface area contributed by atoms with Crippen LogP contribution in [-0.2, 0) is 13.0 Å². The first-order chi connectivity index (χ1) is 23.7. The molecule has 2 saturated carbocycles. The normalized spacial score (nSPS) is 20.7. The van der Waals surface area contributed by atoms with Gasteiger partial charge in [0.15, 0.2) is 5.58 Å². The van der Waals surface area contributed by atoms with E-state index in [9.17, 15) is 4.80 Å². The lowest BCUT2D eigenvalue weighted by Crippen LogP contribution is -2.65. The monoisotopic (exact) mass is 679 g/mol. The van der Waals surface area contributed by atoms with Gasteiger partial charge in [-0.2, -0.15) is 0 Å². The van der Waals surface area contributed by atoms with Gasteiger partial charge in [-0.05, 0) is 136 Å². The van der Waals surface area contributed by atoms with E-state index < -0.39 is 8.32 Å². The molecule has 2 aliphatic carbocycles. The van der Waals surface area contributed by atoms with Gasteiger partial charge in [0.25, 0.3) is 8.32 Å². The van der Waals surface area contributed by atoms with Crippen molar-refractivity contribution in [1.29, 1.82) is 0 Å². The summed E-state index contributed by atoms with van der Waals surface area (Å²) in [5.74, 6) is 4.02. The summed E-state index contributed by atoms with van der Waals surface area (Å²) >= 11 is 0. The lowest BCUT2D eigenvalue weighted by molar-refractivity contribution is 0.170. The standard InChI is InChI=1S/C42H57N3O3Si/c1-42(2,49(46,35-11-7-5-8-12-35)36-13-9-6-10-14-36)24-21-33-27-34(33)28-45-25-22-31(23-26-45)17-19-39-37-18-20-40(47-30-32-15-16-32)38(29-44(3)4)41(37)48-43-39/h5-14,18,20,31-34,46H,15-17,19,21-30H2,1-4H3/t33-,34-/m1/s1. The Balaban J connectivity index is 0.883. The second-order valence-corrected chi connectivity index (χ2v) is 20.4. The fourth-order valence-electron chi connectivity index (χ4n) is 8.42. The maximum atomic E-state index is 12.5. The van der Waals surface area contributed by atoms with Gasteiger partial charge in [0.1, 0.15) is 5.75 Å². The lowest BCUT2D eigenvalue weighted by Gasteiger charge is -2.41. The van der Waals surface area contributed by atoms with Gasteiger partial charge in [-0.25, -0.2) is 0 Å². The molecule has 0 unspecified atom stereocenters. The third kappa shape index (κ3) is 7.85. The summed E-state index contributed by atoms with van der Waals surface area (Å²) in [7, 11) is 1.26. The predicted molar refractivity (Wildman–Crippen MR) is 202 cm³/mol. The summed E-state index contributed by atoms with van der Waals surface area (Å²) in [5, 5.41) is 7.82. The van der Waals surface area contributed by atoms with Gasteiger partial charge in [-0.15, -0.1) is 0 Å². The molecule has 2 atom stereocenters. The highest BCUT2D eigenvalue weighted by atomic mass is 28.4. The van der Waals surface area contributed by atoms with Crippen molar-refractivity contribution in [2.45, 2.75) is 83.2 Å². The minimum atomic E-state index is -2.93. The number of fused-ring (bicyclic) bond motifs is 1. The molecule has 1 aliphatic heterocycles. The molecule has 3 fully saturated rings. The smallest absolute Gasteiger partial charge is 0.258 e. The van der Waals surface area contributed by atoms with E-state index in [1.54, 1.807) is 0 Å². The van der Waals surface area contributed by atoms with Crippen molar-refractivity contribution in [3.05, 3.63) is 84.1 Å². The Hall–Kier alpha value is -2.97. The van der Waals surface area contributed by atoms with Gasteiger partial charge < -0.3 is 23.9 Å². The van der Waals surface area contributed by atoms with E-state index >= 15 is 0 Å². The Morgan fingerprint density at radius 1 is 0.878 bits per heavy atom. The zero-order chi connectivity index (χ0) is 34.0. The van der Waals surface area contributed by atoms with E-state index in [4.69, 9.17) is 9.26 Å².